The first-order chi connectivity index (χ1) is 6.04. The van der Waals surface area contributed by atoms with E-state index in [9.17, 15) is 0 Å². The molecule has 74 valence electrons. The summed E-state index contributed by atoms with van der Waals surface area (Å²) >= 11 is 0. The van der Waals surface area contributed by atoms with Crippen molar-refractivity contribution in [3.05, 3.63) is 0 Å². The van der Waals surface area contributed by atoms with Gasteiger partial charge >= 0.3 is 0 Å². The predicted molar refractivity (Wildman–Crippen MR) is 53.3 cm³/mol. The predicted octanol–water partition coefficient (Wildman–Crippen LogP) is 0.828. The van der Waals surface area contributed by atoms with Crippen molar-refractivity contribution < 1.29 is 0 Å². The van der Waals surface area contributed by atoms with Crippen molar-refractivity contribution in [2.75, 3.05) is 20.1 Å². The Kier molecular flexibility index (Phi) is 2.94. The Morgan fingerprint density at radius 3 is 2.38 bits per heavy atom. The Morgan fingerprint density at radius 2 is 2.08 bits per heavy atom. The van der Waals surface area contributed by atoms with Crippen LogP contribution in [0, 0.1) is 17.2 Å². The molecule has 1 heterocycles. The molecule has 0 aromatic carbocycles. The van der Waals surface area contributed by atoms with E-state index in [-0.39, 0.29) is 5.54 Å². The smallest absolute Gasteiger partial charge is 0.108 e. The Morgan fingerprint density at radius 1 is 1.54 bits per heavy atom. The first-order valence-corrected chi connectivity index (χ1v) is 4.88. The number of nitrogens with one attached hydrogen (secondary N) is 1. The molecular weight excluding hydrogens is 162 g/mol. The second-order valence-corrected chi connectivity index (χ2v) is 4.30. The van der Waals surface area contributed by atoms with Gasteiger partial charge in [0.05, 0.1) is 6.07 Å². The maximum absolute atomic E-state index is 9.14. The minimum Gasteiger partial charge on any atom is -0.315 e. The molecule has 1 fully saturated rings. The molecular formula is C10H19N3. The average Bonchev–Trinajstić information content (AvgIpc) is 2.01. The van der Waals surface area contributed by atoms with Crippen molar-refractivity contribution in [1.82, 2.24) is 10.2 Å². The average molecular weight is 181 g/mol. The zero-order valence-electron chi connectivity index (χ0n) is 8.96. The van der Waals surface area contributed by atoms with Crippen molar-refractivity contribution in [1.29, 1.82) is 5.26 Å². The first kappa shape index (κ1) is 10.5. The summed E-state index contributed by atoms with van der Waals surface area (Å²) in [4.78, 5) is 2.25. The maximum Gasteiger partial charge on any atom is 0.108 e. The van der Waals surface area contributed by atoms with E-state index in [4.69, 9.17) is 5.26 Å². The molecule has 1 rings (SSSR count). The van der Waals surface area contributed by atoms with Gasteiger partial charge in [0.2, 0.25) is 0 Å². The molecule has 0 saturated carbocycles. The molecule has 0 amide bonds. The Bertz CT molecular complexity index is 213. The molecule has 0 aromatic heterocycles. The maximum atomic E-state index is 9.14. The highest BCUT2D eigenvalue weighted by molar-refractivity contribution is 5.11. The van der Waals surface area contributed by atoms with Gasteiger partial charge in [-0.05, 0) is 19.9 Å². The number of nitrogens with zero attached hydrogens (tertiary/aromatic N) is 2. The molecule has 0 bridgehead atoms. The molecule has 3 nitrogen and oxygen atoms in total. The highest BCUT2D eigenvalue weighted by Gasteiger charge is 2.42. The second-order valence-electron chi connectivity index (χ2n) is 4.30. The summed E-state index contributed by atoms with van der Waals surface area (Å²) in [5.41, 5.74) is -0.284. The molecule has 0 aliphatic carbocycles. The Balaban J connectivity index is 2.57. The lowest BCUT2D eigenvalue weighted by atomic mass is 9.85. The van der Waals surface area contributed by atoms with Crippen LogP contribution < -0.4 is 5.32 Å². The molecule has 1 atom stereocenters. The van der Waals surface area contributed by atoms with Crippen LogP contribution in [0.5, 0.6) is 0 Å². The molecule has 1 N–H and O–H groups in total. The number of rotatable bonds is 3. The summed E-state index contributed by atoms with van der Waals surface area (Å²) in [6.45, 7) is 8.24. The third kappa shape index (κ3) is 1.70. The topological polar surface area (TPSA) is 39.1 Å². The van der Waals surface area contributed by atoms with Crippen LogP contribution in [0.25, 0.3) is 0 Å². The van der Waals surface area contributed by atoms with E-state index in [2.05, 4.69) is 30.1 Å². The minimum atomic E-state index is -0.284. The monoisotopic (exact) mass is 181 g/mol. The Hall–Kier alpha value is -0.590. The third-order valence-corrected chi connectivity index (χ3v) is 3.30. The van der Waals surface area contributed by atoms with Crippen molar-refractivity contribution in [3.8, 4) is 6.07 Å². The van der Waals surface area contributed by atoms with E-state index < -0.39 is 0 Å². The SMILES string of the molecule is CNC1CN(C(C)(C#N)C(C)C)C1. The van der Waals surface area contributed by atoms with Gasteiger partial charge in [0, 0.05) is 19.1 Å². The summed E-state index contributed by atoms with van der Waals surface area (Å²) in [6, 6.07) is 3.00. The number of likely N-dealkylation sites (N-methyl/N-ethyl adjacent to an activating group) is 1. The van der Waals surface area contributed by atoms with E-state index >= 15 is 0 Å². The molecule has 0 spiro atoms. The van der Waals surface area contributed by atoms with Gasteiger partial charge < -0.3 is 5.32 Å². The van der Waals surface area contributed by atoms with Crippen LogP contribution in [0.1, 0.15) is 20.8 Å². The van der Waals surface area contributed by atoms with Crippen molar-refractivity contribution >= 4 is 0 Å². The fraction of sp³-hybridized carbons (Fsp3) is 0.900. The molecule has 0 radical (unpaired) electrons. The van der Waals surface area contributed by atoms with Gasteiger partial charge in [-0.25, -0.2) is 0 Å². The second kappa shape index (κ2) is 3.65. The summed E-state index contributed by atoms with van der Waals surface area (Å²) in [7, 11) is 1.97. The van der Waals surface area contributed by atoms with Crippen LogP contribution in [0.3, 0.4) is 0 Å². The van der Waals surface area contributed by atoms with Crippen LogP contribution in [-0.2, 0) is 0 Å². The summed E-state index contributed by atoms with van der Waals surface area (Å²) < 4.78 is 0. The minimum absolute atomic E-state index is 0.284. The third-order valence-electron chi connectivity index (χ3n) is 3.30. The normalized spacial score (nSPS) is 23.7. The van der Waals surface area contributed by atoms with E-state index in [1.807, 2.05) is 14.0 Å². The fourth-order valence-electron chi connectivity index (χ4n) is 1.61. The highest BCUT2D eigenvalue weighted by atomic mass is 15.3. The first-order valence-electron chi connectivity index (χ1n) is 4.88. The van der Waals surface area contributed by atoms with Crippen LogP contribution in [0.4, 0.5) is 0 Å². The molecule has 13 heavy (non-hydrogen) atoms. The standard InChI is InChI=1S/C10H19N3/c1-8(2)10(3,7-11)13-5-9(6-13)12-4/h8-9,12H,5-6H2,1-4H3. The zero-order valence-corrected chi connectivity index (χ0v) is 8.96. The highest BCUT2D eigenvalue weighted by Crippen LogP contribution is 2.28. The molecule has 3 heteroatoms. The van der Waals surface area contributed by atoms with Crippen molar-refractivity contribution in [2.24, 2.45) is 5.92 Å². The van der Waals surface area contributed by atoms with Gasteiger partial charge in [-0.15, -0.1) is 0 Å². The fourth-order valence-corrected chi connectivity index (χ4v) is 1.61. The van der Waals surface area contributed by atoms with Crippen LogP contribution in [-0.4, -0.2) is 36.6 Å². The van der Waals surface area contributed by atoms with Gasteiger partial charge in [0.15, 0.2) is 0 Å². The lowest BCUT2D eigenvalue weighted by molar-refractivity contribution is 0.0223. The van der Waals surface area contributed by atoms with Gasteiger partial charge in [-0.3, -0.25) is 4.90 Å². The largest absolute Gasteiger partial charge is 0.315 e. The quantitative estimate of drug-likeness (QED) is 0.701. The van der Waals surface area contributed by atoms with E-state index in [1.54, 1.807) is 0 Å². The van der Waals surface area contributed by atoms with Crippen LogP contribution in [0.2, 0.25) is 0 Å². The number of hydrogen-bond acceptors (Lipinski definition) is 3. The zero-order chi connectivity index (χ0) is 10.1. The van der Waals surface area contributed by atoms with E-state index in [0.29, 0.717) is 12.0 Å². The summed E-state index contributed by atoms with van der Waals surface area (Å²) in [6.07, 6.45) is 0. The molecule has 1 aliphatic rings. The summed E-state index contributed by atoms with van der Waals surface area (Å²) in [5.74, 6) is 0.385. The lowest BCUT2D eigenvalue weighted by Crippen LogP contribution is -2.65. The van der Waals surface area contributed by atoms with Crippen molar-refractivity contribution in [2.45, 2.75) is 32.4 Å². The van der Waals surface area contributed by atoms with Crippen LogP contribution >= 0.6 is 0 Å². The van der Waals surface area contributed by atoms with Gasteiger partial charge in [-0.2, -0.15) is 5.26 Å². The van der Waals surface area contributed by atoms with Gasteiger partial charge in [-0.1, -0.05) is 13.8 Å². The van der Waals surface area contributed by atoms with Gasteiger partial charge in [0.1, 0.15) is 5.54 Å². The lowest BCUT2D eigenvalue weighted by Gasteiger charge is -2.49. The van der Waals surface area contributed by atoms with E-state index in [1.165, 1.54) is 0 Å². The summed E-state index contributed by atoms with van der Waals surface area (Å²) in [5, 5.41) is 12.4. The number of likely N-dealkylation sites (tertiary alicyclic amines) is 1. The molecule has 1 aliphatic heterocycles. The van der Waals surface area contributed by atoms with Crippen LogP contribution in [0.15, 0.2) is 0 Å². The van der Waals surface area contributed by atoms with Crippen molar-refractivity contribution in [3.63, 3.8) is 0 Å². The molecule has 1 unspecified atom stereocenters. The Labute approximate surface area is 80.7 Å². The number of hydrogen-bond donors (Lipinski definition) is 1. The van der Waals surface area contributed by atoms with E-state index in [0.717, 1.165) is 13.1 Å². The molecule has 0 aromatic rings. The molecule has 1 saturated heterocycles. The number of nitriles is 1. The van der Waals surface area contributed by atoms with Gasteiger partial charge in [0.25, 0.3) is 0 Å².